The molecule has 0 spiro atoms. The molecule has 0 bridgehead atoms. The van der Waals surface area contributed by atoms with Gasteiger partial charge in [-0.3, -0.25) is 0 Å². The zero-order chi connectivity index (χ0) is 10.8. The van der Waals surface area contributed by atoms with Gasteiger partial charge in [0.15, 0.2) is 0 Å². The van der Waals surface area contributed by atoms with E-state index in [0.717, 1.165) is 12.1 Å². The van der Waals surface area contributed by atoms with E-state index in [9.17, 15) is 4.79 Å². The van der Waals surface area contributed by atoms with Gasteiger partial charge in [0.2, 0.25) is 5.13 Å². The summed E-state index contributed by atoms with van der Waals surface area (Å²) >= 11 is 1.45. The summed E-state index contributed by atoms with van der Waals surface area (Å²) in [5, 5.41) is 15.3. The predicted molar refractivity (Wildman–Crippen MR) is 55.6 cm³/mol. The standard InChI is InChI=1S/C9H9N3O2S/c1-2-7-5-15-9(11-7)12-4-6(3-10-12)8(13)14/h3-5H,2H2,1H3,(H,13,14). The number of carbonyl (C=O) groups is 1. The fraction of sp³-hybridized carbons (Fsp3) is 0.222. The van der Waals surface area contributed by atoms with Crippen LogP contribution in [0.1, 0.15) is 23.0 Å². The molecule has 2 heterocycles. The van der Waals surface area contributed by atoms with Gasteiger partial charge in [0, 0.05) is 11.6 Å². The minimum absolute atomic E-state index is 0.170. The summed E-state index contributed by atoms with van der Waals surface area (Å²) in [7, 11) is 0. The van der Waals surface area contributed by atoms with E-state index in [0.29, 0.717) is 5.13 Å². The molecule has 0 unspecified atom stereocenters. The van der Waals surface area contributed by atoms with Gasteiger partial charge in [-0.15, -0.1) is 11.3 Å². The predicted octanol–water partition coefficient (Wildman–Crippen LogP) is 1.59. The van der Waals surface area contributed by atoms with Crippen LogP contribution in [-0.4, -0.2) is 25.8 Å². The summed E-state index contributed by atoms with van der Waals surface area (Å²) in [6.45, 7) is 2.02. The molecule has 5 nitrogen and oxygen atoms in total. The van der Waals surface area contributed by atoms with Gasteiger partial charge in [-0.1, -0.05) is 6.92 Å². The van der Waals surface area contributed by atoms with Gasteiger partial charge in [-0.25, -0.2) is 14.5 Å². The SMILES string of the molecule is CCc1csc(-n2cc(C(=O)O)cn2)n1. The highest BCUT2D eigenvalue weighted by Crippen LogP contribution is 2.15. The number of aryl methyl sites for hydroxylation is 1. The third-order valence-corrected chi connectivity index (χ3v) is 2.81. The first-order valence-corrected chi connectivity index (χ1v) is 5.31. The number of thiazole rings is 1. The summed E-state index contributed by atoms with van der Waals surface area (Å²) in [6, 6.07) is 0. The Morgan fingerprint density at radius 3 is 3.00 bits per heavy atom. The first-order valence-electron chi connectivity index (χ1n) is 4.43. The van der Waals surface area contributed by atoms with Crippen molar-refractivity contribution >= 4 is 17.3 Å². The second-order valence-electron chi connectivity index (χ2n) is 2.95. The quantitative estimate of drug-likeness (QED) is 0.858. The largest absolute Gasteiger partial charge is 0.478 e. The molecule has 6 heteroatoms. The first kappa shape index (κ1) is 9.85. The average molecular weight is 223 g/mol. The van der Waals surface area contributed by atoms with E-state index >= 15 is 0 Å². The number of nitrogens with zero attached hydrogens (tertiary/aromatic N) is 3. The molecule has 0 saturated carbocycles. The molecule has 0 atom stereocenters. The highest BCUT2D eigenvalue weighted by molar-refractivity contribution is 7.12. The second-order valence-corrected chi connectivity index (χ2v) is 3.79. The van der Waals surface area contributed by atoms with Gasteiger partial charge in [-0.05, 0) is 6.42 Å². The van der Waals surface area contributed by atoms with Crippen molar-refractivity contribution in [3.8, 4) is 5.13 Å². The number of carboxylic acids is 1. The molecule has 0 aromatic carbocycles. The van der Waals surface area contributed by atoms with Gasteiger partial charge >= 0.3 is 5.97 Å². The Kier molecular flexibility index (Phi) is 2.51. The maximum atomic E-state index is 10.6. The number of hydrogen-bond donors (Lipinski definition) is 1. The molecule has 78 valence electrons. The van der Waals surface area contributed by atoms with Gasteiger partial charge < -0.3 is 5.11 Å². The minimum Gasteiger partial charge on any atom is -0.478 e. The van der Waals surface area contributed by atoms with Gasteiger partial charge in [-0.2, -0.15) is 5.10 Å². The fourth-order valence-corrected chi connectivity index (χ4v) is 1.94. The van der Waals surface area contributed by atoms with E-state index in [-0.39, 0.29) is 5.56 Å². The molecule has 0 aliphatic rings. The molecule has 15 heavy (non-hydrogen) atoms. The molecule has 2 aromatic rings. The van der Waals surface area contributed by atoms with E-state index in [4.69, 9.17) is 5.11 Å². The average Bonchev–Trinajstić information content (AvgIpc) is 2.86. The van der Waals surface area contributed by atoms with Crippen molar-refractivity contribution in [2.24, 2.45) is 0 Å². The van der Waals surface area contributed by atoms with Crippen molar-refractivity contribution < 1.29 is 9.90 Å². The van der Waals surface area contributed by atoms with Gasteiger partial charge in [0.05, 0.1) is 17.5 Å². The molecule has 0 fully saturated rings. The van der Waals surface area contributed by atoms with Crippen molar-refractivity contribution in [2.75, 3.05) is 0 Å². The highest BCUT2D eigenvalue weighted by Gasteiger charge is 2.09. The summed E-state index contributed by atoms with van der Waals surface area (Å²) in [4.78, 5) is 14.9. The van der Waals surface area contributed by atoms with E-state index < -0.39 is 5.97 Å². The van der Waals surface area contributed by atoms with Crippen LogP contribution in [0.25, 0.3) is 5.13 Å². The van der Waals surface area contributed by atoms with Crippen LogP contribution in [0, 0.1) is 0 Å². The number of hydrogen-bond acceptors (Lipinski definition) is 4. The van der Waals surface area contributed by atoms with Gasteiger partial charge in [0.25, 0.3) is 0 Å². The van der Waals surface area contributed by atoms with E-state index in [1.807, 2.05) is 12.3 Å². The topological polar surface area (TPSA) is 68.0 Å². The van der Waals surface area contributed by atoms with Crippen molar-refractivity contribution in [1.82, 2.24) is 14.8 Å². The van der Waals surface area contributed by atoms with Crippen LogP contribution < -0.4 is 0 Å². The fourth-order valence-electron chi connectivity index (χ4n) is 1.10. The van der Waals surface area contributed by atoms with Crippen molar-refractivity contribution in [3.63, 3.8) is 0 Å². The van der Waals surface area contributed by atoms with Crippen LogP contribution in [0.15, 0.2) is 17.8 Å². The first-order chi connectivity index (χ1) is 7.20. The van der Waals surface area contributed by atoms with Crippen LogP contribution in [-0.2, 0) is 6.42 Å². The van der Waals surface area contributed by atoms with Crippen LogP contribution in [0.3, 0.4) is 0 Å². The lowest BCUT2D eigenvalue weighted by molar-refractivity contribution is 0.0697. The van der Waals surface area contributed by atoms with Crippen molar-refractivity contribution in [1.29, 1.82) is 0 Å². The molecule has 0 radical (unpaired) electrons. The van der Waals surface area contributed by atoms with Crippen LogP contribution >= 0.6 is 11.3 Å². The normalized spacial score (nSPS) is 10.5. The van der Waals surface area contributed by atoms with E-state index in [1.54, 1.807) is 0 Å². The monoisotopic (exact) mass is 223 g/mol. The number of rotatable bonds is 3. The molecular formula is C9H9N3O2S. The third kappa shape index (κ3) is 1.89. The Hall–Kier alpha value is -1.69. The Morgan fingerprint density at radius 1 is 1.67 bits per heavy atom. The Bertz CT molecular complexity index is 489. The smallest absolute Gasteiger partial charge is 0.338 e. The zero-order valence-corrected chi connectivity index (χ0v) is 8.86. The van der Waals surface area contributed by atoms with Gasteiger partial charge in [0.1, 0.15) is 0 Å². The number of carboxylic acid groups (broad SMARTS) is 1. The molecule has 0 aliphatic carbocycles. The molecule has 0 aliphatic heterocycles. The van der Waals surface area contributed by atoms with Crippen molar-refractivity contribution in [2.45, 2.75) is 13.3 Å². The maximum absolute atomic E-state index is 10.6. The molecule has 1 N–H and O–H groups in total. The highest BCUT2D eigenvalue weighted by atomic mass is 32.1. The van der Waals surface area contributed by atoms with E-state index in [1.165, 1.54) is 28.4 Å². The number of aromatic carboxylic acids is 1. The summed E-state index contributed by atoms with van der Waals surface area (Å²) in [6.07, 6.45) is 3.64. The summed E-state index contributed by atoms with van der Waals surface area (Å²) in [5.74, 6) is -0.978. The molecular weight excluding hydrogens is 214 g/mol. The van der Waals surface area contributed by atoms with Crippen LogP contribution in [0.4, 0.5) is 0 Å². The van der Waals surface area contributed by atoms with Crippen LogP contribution in [0.2, 0.25) is 0 Å². The minimum atomic E-state index is -0.978. The summed E-state index contributed by atoms with van der Waals surface area (Å²) in [5.41, 5.74) is 1.16. The second kappa shape index (κ2) is 3.82. The Labute approximate surface area is 90.0 Å². The third-order valence-electron chi connectivity index (χ3n) is 1.93. The maximum Gasteiger partial charge on any atom is 0.338 e. The lowest BCUT2D eigenvalue weighted by Crippen LogP contribution is -1.95. The number of aromatic nitrogens is 3. The molecule has 2 aromatic heterocycles. The zero-order valence-electron chi connectivity index (χ0n) is 8.04. The van der Waals surface area contributed by atoms with Crippen LogP contribution in [0.5, 0.6) is 0 Å². The lowest BCUT2D eigenvalue weighted by atomic mass is 10.4. The Morgan fingerprint density at radius 2 is 2.47 bits per heavy atom. The lowest BCUT2D eigenvalue weighted by Gasteiger charge is -1.92. The summed E-state index contributed by atoms with van der Waals surface area (Å²) < 4.78 is 1.48. The molecule has 0 saturated heterocycles. The Balaban J connectivity index is 2.32. The molecule has 0 amide bonds. The van der Waals surface area contributed by atoms with Crippen molar-refractivity contribution in [3.05, 3.63) is 29.0 Å². The van der Waals surface area contributed by atoms with E-state index in [2.05, 4.69) is 10.1 Å². The molecule has 2 rings (SSSR count).